The van der Waals surface area contributed by atoms with Crippen LogP contribution in [-0.2, 0) is 14.8 Å². The van der Waals surface area contributed by atoms with Gasteiger partial charge in [-0.1, -0.05) is 53.5 Å². The summed E-state index contributed by atoms with van der Waals surface area (Å²) in [5, 5.41) is 1.91. The summed E-state index contributed by atoms with van der Waals surface area (Å²) in [4.78, 5) is 12.4. The topological polar surface area (TPSA) is 63.7 Å². The number of sulfonamides is 1. The van der Waals surface area contributed by atoms with Gasteiger partial charge >= 0.3 is 5.97 Å². The number of ether oxygens (including phenoxy) is 1. The van der Waals surface area contributed by atoms with Crippen LogP contribution in [0.2, 0.25) is 10.0 Å². The van der Waals surface area contributed by atoms with Gasteiger partial charge < -0.3 is 4.74 Å². The molecule has 3 rings (SSSR count). The summed E-state index contributed by atoms with van der Waals surface area (Å²) in [7, 11) is -3.54. The van der Waals surface area contributed by atoms with E-state index in [9.17, 15) is 13.2 Å². The van der Waals surface area contributed by atoms with Crippen LogP contribution >= 0.6 is 23.2 Å². The monoisotopic (exact) mass is 439 g/mol. The van der Waals surface area contributed by atoms with Gasteiger partial charge in [0.1, 0.15) is 5.75 Å². The Kier molecular flexibility index (Phi) is 6.78. The van der Waals surface area contributed by atoms with Crippen LogP contribution in [0.15, 0.2) is 53.9 Å². The molecule has 148 valence electrons. The van der Waals surface area contributed by atoms with Gasteiger partial charge in [0.15, 0.2) is 0 Å². The fourth-order valence-corrected chi connectivity index (χ4v) is 4.58. The Morgan fingerprint density at radius 2 is 1.75 bits per heavy atom. The van der Waals surface area contributed by atoms with Crippen LogP contribution in [0.25, 0.3) is 6.08 Å². The first-order chi connectivity index (χ1) is 13.3. The Morgan fingerprint density at radius 3 is 2.39 bits per heavy atom. The maximum atomic E-state index is 12.5. The smallest absolute Gasteiger partial charge is 0.314 e. The molecule has 0 aromatic heterocycles. The van der Waals surface area contributed by atoms with E-state index in [1.807, 2.05) is 30.3 Å². The number of carbonyl (C=O) groups excluding carboxylic acids is 1. The third-order valence-electron chi connectivity index (χ3n) is 4.48. The van der Waals surface area contributed by atoms with Crippen molar-refractivity contribution < 1.29 is 17.9 Å². The number of rotatable bonds is 5. The van der Waals surface area contributed by atoms with Crippen molar-refractivity contribution in [2.75, 3.05) is 13.1 Å². The molecular weight excluding hydrogens is 421 g/mol. The number of hydrogen-bond donors (Lipinski definition) is 0. The number of esters is 1. The highest BCUT2D eigenvalue weighted by Gasteiger charge is 2.31. The Hall–Kier alpha value is -1.86. The van der Waals surface area contributed by atoms with Crippen molar-refractivity contribution in [1.82, 2.24) is 4.31 Å². The molecule has 1 heterocycles. The molecule has 5 nitrogen and oxygen atoms in total. The fraction of sp³-hybridized carbons (Fsp3) is 0.250. The van der Waals surface area contributed by atoms with Gasteiger partial charge in [-0.3, -0.25) is 4.79 Å². The lowest BCUT2D eigenvalue weighted by Crippen LogP contribution is -2.40. The minimum atomic E-state index is -3.54. The van der Waals surface area contributed by atoms with Crippen LogP contribution in [0, 0.1) is 5.92 Å². The zero-order chi connectivity index (χ0) is 20.1. The minimum Gasteiger partial charge on any atom is -0.425 e. The molecule has 8 heteroatoms. The lowest BCUT2D eigenvalue weighted by atomic mass is 9.98. The summed E-state index contributed by atoms with van der Waals surface area (Å²) < 4.78 is 31.7. The van der Waals surface area contributed by atoms with Crippen LogP contribution < -0.4 is 4.74 Å². The van der Waals surface area contributed by atoms with Crippen LogP contribution in [-0.4, -0.2) is 31.8 Å². The summed E-state index contributed by atoms with van der Waals surface area (Å²) in [5.74, 6) is -0.547. The SMILES string of the molecule is O=C(Oc1ccc(Cl)cc1Cl)C1CCN(S(=O)(=O)/C=C/c2ccccc2)CC1. The maximum absolute atomic E-state index is 12.5. The van der Waals surface area contributed by atoms with Gasteiger partial charge in [-0.25, -0.2) is 8.42 Å². The molecule has 0 N–H and O–H groups in total. The van der Waals surface area contributed by atoms with Gasteiger partial charge in [0, 0.05) is 23.5 Å². The zero-order valence-corrected chi connectivity index (χ0v) is 17.3. The van der Waals surface area contributed by atoms with Crippen molar-refractivity contribution in [3.63, 3.8) is 0 Å². The summed E-state index contributed by atoms with van der Waals surface area (Å²) in [6, 6.07) is 13.8. The Labute approximate surface area is 174 Å². The number of halogens is 2. The van der Waals surface area contributed by atoms with E-state index in [0.29, 0.717) is 17.9 Å². The lowest BCUT2D eigenvalue weighted by molar-refractivity contribution is -0.140. The third kappa shape index (κ3) is 5.35. The van der Waals surface area contributed by atoms with Crippen molar-refractivity contribution in [3.05, 3.63) is 69.5 Å². The van der Waals surface area contributed by atoms with Gasteiger partial charge in [-0.2, -0.15) is 4.31 Å². The zero-order valence-electron chi connectivity index (χ0n) is 14.9. The van der Waals surface area contributed by atoms with E-state index in [1.54, 1.807) is 12.1 Å². The predicted molar refractivity (Wildman–Crippen MR) is 111 cm³/mol. The van der Waals surface area contributed by atoms with Gasteiger partial charge in [-0.15, -0.1) is 0 Å². The molecule has 2 aromatic carbocycles. The molecule has 0 atom stereocenters. The van der Waals surface area contributed by atoms with Crippen molar-refractivity contribution in [2.45, 2.75) is 12.8 Å². The standard InChI is InChI=1S/C20H19Cl2NO4S/c21-17-6-7-19(18(22)14-17)27-20(24)16-8-11-23(12-9-16)28(25,26)13-10-15-4-2-1-3-5-15/h1-7,10,13-14,16H,8-9,11-12H2/b13-10+. The molecule has 0 spiro atoms. The van der Waals surface area contributed by atoms with E-state index >= 15 is 0 Å². The molecule has 0 aliphatic carbocycles. The molecule has 1 aliphatic rings. The van der Waals surface area contributed by atoms with E-state index < -0.39 is 16.0 Å². The summed E-state index contributed by atoms with van der Waals surface area (Å²) in [5.41, 5.74) is 0.810. The Balaban J connectivity index is 1.57. The van der Waals surface area contributed by atoms with Crippen molar-refractivity contribution >= 4 is 45.3 Å². The van der Waals surface area contributed by atoms with E-state index in [-0.39, 0.29) is 29.8 Å². The second-order valence-corrected chi connectivity index (χ2v) is 9.09. The average Bonchev–Trinajstić information content (AvgIpc) is 2.69. The number of nitrogens with zero attached hydrogens (tertiary/aromatic N) is 1. The van der Waals surface area contributed by atoms with Crippen LogP contribution in [0.4, 0.5) is 0 Å². The predicted octanol–water partition coefficient (Wildman–Crippen LogP) is 4.61. The number of hydrogen-bond acceptors (Lipinski definition) is 4. The molecule has 2 aromatic rings. The lowest BCUT2D eigenvalue weighted by Gasteiger charge is -2.29. The first-order valence-electron chi connectivity index (χ1n) is 8.75. The van der Waals surface area contributed by atoms with Gasteiger partial charge in [-0.05, 0) is 42.7 Å². The van der Waals surface area contributed by atoms with Crippen LogP contribution in [0.3, 0.4) is 0 Å². The highest BCUT2D eigenvalue weighted by molar-refractivity contribution is 7.92. The molecule has 1 saturated heterocycles. The van der Waals surface area contributed by atoms with E-state index in [0.717, 1.165) is 5.56 Å². The first-order valence-corrected chi connectivity index (χ1v) is 11.0. The number of benzene rings is 2. The van der Waals surface area contributed by atoms with Crippen LogP contribution in [0.5, 0.6) is 5.75 Å². The van der Waals surface area contributed by atoms with Crippen molar-refractivity contribution in [3.8, 4) is 5.75 Å². The highest BCUT2D eigenvalue weighted by Crippen LogP contribution is 2.29. The first kappa shape index (κ1) is 20.9. The third-order valence-corrected chi connectivity index (χ3v) is 6.58. The molecule has 0 amide bonds. The number of carbonyl (C=O) groups is 1. The van der Waals surface area contributed by atoms with Gasteiger partial charge in [0.25, 0.3) is 0 Å². The van der Waals surface area contributed by atoms with E-state index in [4.69, 9.17) is 27.9 Å². The Morgan fingerprint density at radius 1 is 1.07 bits per heavy atom. The molecule has 1 aliphatic heterocycles. The molecule has 0 radical (unpaired) electrons. The van der Waals surface area contributed by atoms with Crippen molar-refractivity contribution in [1.29, 1.82) is 0 Å². The average molecular weight is 440 g/mol. The summed E-state index contributed by atoms with van der Waals surface area (Å²) in [6.45, 7) is 0.519. The van der Waals surface area contributed by atoms with Gasteiger partial charge in [0.05, 0.1) is 10.9 Å². The van der Waals surface area contributed by atoms with Crippen molar-refractivity contribution in [2.24, 2.45) is 5.92 Å². The van der Waals surface area contributed by atoms with E-state index in [2.05, 4.69) is 0 Å². The van der Waals surface area contributed by atoms with Gasteiger partial charge in [0.2, 0.25) is 10.0 Å². The quantitative estimate of drug-likeness (QED) is 0.503. The summed E-state index contributed by atoms with van der Waals surface area (Å²) >= 11 is 11.9. The minimum absolute atomic E-state index is 0.247. The molecule has 28 heavy (non-hydrogen) atoms. The number of piperidine rings is 1. The molecule has 0 bridgehead atoms. The molecule has 0 unspecified atom stereocenters. The molecule has 0 saturated carbocycles. The Bertz CT molecular complexity index is 969. The normalized spacial score (nSPS) is 16.4. The molecular formula is C20H19Cl2NO4S. The molecule has 1 fully saturated rings. The summed E-state index contributed by atoms with van der Waals surface area (Å²) in [6.07, 6.45) is 2.35. The second kappa shape index (κ2) is 9.09. The largest absolute Gasteiger partial charge is 0.425 e. The van der Waals surface area contributed by atoms with Crippen LogP contribution in [0.1, 0.15) is 18.4 Å². The maximum Gasteiger partial charge on any atom is 0.314 e. The fourth-order valence-electron chi connectivity index (χ4n) is 2.91. The van der Waals surface area contributed by atoms with E-state index in [1.165, 1.54) is 21.8 Å². The highest BCUT2D eigenvalue weighted by atomic mass is 35.5. The second-order valence-electron chi connectivity index (χ2n) is 6.43.